The monoisotopic (exact) mass is 199 g/mol. The number of hydrogen-bond acceptors (Lipinski definition) is 3. The molecule has 70 valence electrons. The molecule has 0 unspecified atom stereocenters. The second-order valence-electron chi connectivity index (χ2n) is 2.29. The van der Waals surface area contributed by atoms with Crippen LogP contribution >= 0.6 is 11.6 Å². The summed E-state index contributed by atoms with van der Waals surface area (Å²) < 4.78 is 4.99. The summed E-state index contributed by atoms with van der Waals surface area (Å²) in [6.45, 7) is 0. The Morgan fingerprint density at radius 3 is 2.31 bits per heavy atom. The smallest absolute Gasteiger partial charge is 0.175 e. The second-order valence-corrected chi connectivity index (χ2v) is 2.65. The molecule has 0 aliphatic carbocycles. The van der Waals surface area contributed by atoms with E-state index in [0.717, 1.165) is 11.3 Å². The van der Waals surface area contributed by atoms with E-state index in [4.69, 9.17) is 16.3 Å². The van der Waals surface area contributed by atoms with E-state index < -0.39 is 0 Å². The van der Waals surface area contributed by atoms with Gasteiger partial charge >= 0.3 is 0 Å². The van der Waals surface area contributed by atoms with Gasteiger partial charge in [0.2, 0.25) is 0 Å². The molecule has 0 fully saturated rings. The van der Waals surface area contributed by atoms with E-state index in [1.807, 2.05) is 24.3 Å². The van der Waals surface area contributed by atoms with Gasteiger partial charge in [-0.1, -0.05) is 16.8 Å². The van der Waals surface area contributed by atoms with Crippen molar-refractivity contribution in [3.8, 4) is 5.75 Å². The van der Waals surface area contributed by atoms with E-state index in [1.165, 1.54) is 7.11 Å². The van der Waals surface area contributed by atoms with Crippen molar-refractivity contribution in [1.29, 1.82) is 0 Å². The topological polar surface area (TPSA) is 30.8 Å². The highest BCUT2D eigenvalue weighted by atomic mass is 35.5. The van der Waals surface area contributed by atoms with Gasteiger partial charge in [0.05, 0.1) is 7.11 Å². The van der Waals surface area contributed by atoms with Crippen molar-refractivity contribution >= 4 is 16.8 Å². The van der Waals surface area contributed by atoms with Crippen LogP contribution < -0.4 is 4.74 Å². The van der Waals surface area contributed by atoms with Crippen LogP contribution in [0.5, 0.6) is 5.75 Å². The number of nitrogens with zero attached hydrogens (tertiary/aromatic N) is 1. The molecule has 0 saturated carbocycles. The van der Waals surface area contributed by atoms with Gasteiger partial charge in [0.1, 0.15) is 12.9 Å². The Hall–Kier alpha value is -1.22. The van der Waals surface area contributed by atoms with Gasteiger partial charge in [0, 0.05) is 5.56 Å². The van der Waals surface area contributed by atoms with E-state index in [9.17, 15) is 0 Å². The predicted molar refractivity (Wildman–Crippen MR) is 52.4 cm³/mol. The number of halogens is 1. The third-order valence-corrected chi connectivity index (χ3v) is 1.79. The van der Waals surface area contributed by atoms with Crippen LogP contribution in [-0.2, 0) is 4.84 Å². The normalized spacial score (nSPS) is 11.2. The number of ether oxygens (including phenoxy) is 1. The van der Waals surface area contributed by atoms with Gasteiger partial charge in [-0.2, -0.15) is 0 Å². The van der Waals surface area contributed by atoms with E-state index in [1.54, 1.807) is 7.11 Å². The van der Waals surface area contributed by atoms with Crippen molar-refractivity contribution in [3.05, 3.63) is 29.8 Å². The van der Waals surface area contributed by atoms with Crippen LogP contribution in [0.4, 0.5) is 0 Å². The molecule has 0 aliphatic heterocycles. The largest absolute Gasteiger partial charge is 0.497 e. The second kappa shape index (κ2) is 4.72. The molecule has 4 heteroatoms. The maximum absolute atomic E-state index is 5.79. The minimum Gasteiger partial charge on any atom is -0.497 e. The first kappa shape index (κ1) is 9.86. The van der Waals surface area contributed by atoms with Gasteiger partial charge < -0.3 is 9.57 Å². The maximum atomic E-state index is 5.79. The lowest BCUT2D eigenvalue weighted by Crippen LogP contribution is -1.92. The van der Waals surface area contributed by atoms with Crippen molar-refractivity contribution in [2.75, 3.05) is 14.2 Å². The lowest BCUT2D eigenvalue weighted by atomic mass is 10.2. The van der Waals surface area contributed by atoms with Crippen molar-refractivity contribution in [2.45, 2.75) is 0 Å². The predicted octanol–water partition coefficient (Wildman–Crippen LogP) is 2.24. The van der Waals surface area contributed by atoms with Crippen LogP contribution in [-0.4, -0.2) is 19.4 Å². The van der Waals surface area contributed by atoms with Crippen LogP contribution in [0.2, 0.25) is 0 Å². The van der Waals surface area contributed by atoms with Gasteiger partial charge in [0.15, 0.2) is 5.17 Å². The summed E-state index contributed by atoms with van der Waals surface area (Å²) in [7, 11) is 3.06. The fourth-order valence-electron chi connectivity index (χ4n) is 0.861. The van der Waals surface area contributed by atoms with Gasteiger partial charge in [-0.05, 0) is 24.3 Å². The van der Waals surface area contributed by atoms with Crippen molar-refractivity contribution in [2.24, 2.45) is 5.16 Å². The lowest BCUT2D eigenvalue weighted by Gasteiger charge is -2.00. The lowest BCUT2D eigenvalue weighted by molar-refractivity contribution is 0.214. The zero-order chi connectivity index (χ0) is 9.68. The minimum absolute atomic E-state index is 0.324. The summed E-state index contributed by atoms with van der Waals surface area (Å²) in [5.74, 6) is 0.783. The van der Waals surface area contributed by atoms with Gasteiger partial charge in [0.25, 0.3) is 0 Å². The molecule has 0 spiro atoms. The van der Waals surface area contributed by atoms with E-state index >= 15 is 0 Å². The Bertz CT molecular complexity index is 295. The molecule has 1 aromatic carbocycles. The van der Waals surface area contributed by atoms with Crippen molar-refractivity contribution in [3.63, 3.8) is 0 Å². The van der Waals surface area contributed by atoms with Gasteiger partial charge in [-0.25, -0.2) is 0 Å². The molecular weight excluding hydrogens is 190 g/mol. The molecule has 0 amide bonds. The molecule has 0 saturated heterocycles. The van der Waals surface area contributed by atoms with Crippen LogP contribution in [0.1, 0.15) is 5.56 Å². The van der Waals surface area contributed by atoms with Gasteiger partial charge in [-0.15, -0.1) is 0 Å². The summed E-state index contributed by atoms with van der Waals surface area (Å²) in [5.41, 5.74) is 0.796. The molecule has 3 nitrogen and oxygen atoms in total. The minimum atomic E-state index is 0.324. The quantitative estimate of drug-likeness (QED) is 0.552. The molecule has 0 N–H and O–H groups in total. The first-order valence-corrected chi connectivity index (χ1v) is 4.07. The molecule has 0 bridgehead atoms. The molecular formula is C9H10ClNO2. The summed E-state index contributed by atoms with van der Waals surface area (Å²) in [6, 6.07) is 7.24. The van der Waals surface area contributed by atoms with Crippen LogP contribution in [0.25, 0.3) is 0 Å². The zero-order valence-corrected chi connectivity index (χ0v) is 8.21. The highest BCUT2D eigenvalue weighted by Gasteiger charge is 1.99. The maximum Gasteiger partial charge on any atom is 0.175 e. The average Bonchev–Trinajstić information content (AvgIpc) is 2.18. The molecule has 0 atom stereocenters. The number of rotatable bonds is 3. The Morgan fingerprint density at radius 1 is 1.23 bits per heavy atom. The number of hydrogen-bond donors (Lipinski definition) is 0. The van der Waals surface area contributed by atoms with E-state index in [0.29, 0.717) is 5.17 Å². The molecule has 0 aliphatic rings. The number of benzene rings is 1. The first-order chi connectivity index (χ1) is 6.27. The fraction of sp³-hybridized carbons (Fsp3) is 0.222. The third kappa shape index (κ3) is 2.63. The zero-order valence-electron chi connectivity index (χ0n) is 7.45. The summed E-state index contributed by atoms with van der Waals surface area (Å²) in [5, 5.41) is 3.92. The third-order valence-electron chi connectivity index (χ3n) is 1.50. The molecule has 0 radical (unpaired) electrons. The standard InChI is InChI=1S/C9H10ClNO2/c1-12-8-5-3-7(4-6-8)9(10)11-13-2/h3-6H,1-2H3/b11-9-. The highest BCUT2D eigenvalue weighted by Crippen LogP contribution is 2.13. The van der Waals surface area contributed by atoms with Crippen LogP contribution in [0, 0.1) is 0 Å². The molecule has 0 aromatic heterocycles. The SMILES string of the molecule is CO/N=C(\Cl)c1ccc(OC)cc1. The van der Waals surface area contributed by atoms with E-state index in [2.05, 4.69) is 9.99 Å². The van der Waals surface area contributed by atoms with Crippen molar-refractivity contribution in [1.82, 2.24) is 0 Å². The fourth-order valence-corrected chi connectivity index (χ4v) is 1.06. The van der Waals surface area contributed by atoms with Crippen molar-refractivity contribution < 1.29 is 9.57 Å². The van der Waals surface area contributed by atoms with Crippen LogP contribution in [0.15, 0.2) is 29.4 Å². The molecule has 13 heavy (non-hydrogen) atoms. The molecule has 1 aromatic rings. The van der Waals surface area contributed by atoms with E-state index in [-0.39, 0.29) is 0 Å². The Kier molecular flexibility index (Phi) is 3.58. The summed E-state index contributed by atoms with van der Waals surface area (Å²) in [6.07, 6.45) is 0. The Balaban J connectivity index is 2.85. The molecule has 0 heterocycles. The summed E-state index contributed by atoms with van der Waals surface area (Å²) in [4.78, 5) is 4.54. The summed E-state index contributed by atoms with van der Waals surface area (Å²) >= 11 is 5.79. The number of methoxy groups -OCH3 is 1. The number of oxime groups is 1. The molecule has 1 rings (SSSR count). The Labute approximate surface area is 81.9 Å². The Morgan fingerprint density at radius 2 is 1.85 bits per heavy atom. The first-order valence-electron chi connectivity index (χ1n) is 3.69. The van der Waals surface area contributed by atoms with Gasteiger partial charge in [-0.3, -0.25) is 0 Å². The average molecular weight is 200 g/mol. The van der Waals surface area contributed by atoms with Crippen LogP contribution in [0.3, 0.4) is 0 Å². The highest BCUT2D eigenvalue weighted by molar-refractivity contribution is 6.69.